The highest BCUT2D eigenvalue weighted by molar-refractivity contribution is 5.71. The Bertz CT molecular complexity index is 1430. The third kappa shape index (κ3) is 57.2. The first-order valence-corrected chi connectivity index (χ1v) is 30.3. The van der Waals surface area contributed by atoms with Crippen molar-refractivity contribution in [2.24, 2.45) is 0 Å². The molecule has 6 heteroatoms. The SMILES string of the molecule is CCC\C=C/C=C\C=C/C=C\C=C/CCCCCCCC(=O)OCC(COC(=O)CCCCCCC/C=C\CCCCCCCCCCC)OC(=O)CCCCCCC/C=C\C=C/CCCCCCCCC. The van der Waals surface area contributed by atoms with Crippen molar-refractivity contribution < 1.29 is 28.6 Å². The van der Waals surface area contributed by atoms with Crippen LogP contribution in [0.25, 0.3) is 0 Å². The Labute approximate surface area is 445 Å². The predicted molar refractivity (Wildman–Crippen MR) is 311 cm³/mol. The largest absolute Gasteiger partial charge is 0.462 e. The van der Waals surface area contributed by atoms with Crippen LogP contribution < -0.4 is 0 Å². The zero-order valence-electron chi connectivity index (χ0n) is 47.2. The molecule has 0 N–H and O–H groups in total. The molecule has 72 heavy (non-hydrogen) atoms. The lowest BCUT2D eigenvalue weighted by atomic mass is 10.1. The van der Waals surface area contributed by atoms with Gasteiger partial charge in [-0.2, -0.15) is 0 Å². The smallest absolute Gasteiger partial charge is 0.306 e. The maximum absolute atomic E-state index is 12.9. The zero-order valence-corrected chi connectivity index (χ0v) is 47.2. The lowest BCUT2D eigenvalue weighted by Gasteiger charge is -2.18. The molecule has 412 valence electrons. The van der Waals surface area contributed by atoms with E-state index in [0.29, 0.717) is 19.3 Å². The van der Waals surface area contributed by atoms with Gasteiger partial charge in [0.2, 0.25) is 0 Å². The Morgan fingerprint density at radius 3 is 0.889 bits per heavy atom. The first-order chi connectivity index (χ1) is 35.5. The van der Waals surface area contributed by atoms with E-state index in [-0.39, 0.29) is 31.1 Å². The van der Waals surface area contributed by atoms with Crippen LogP contribution in [-0.2, 0) is 28.6 Å². The molecular weight excluding hydrogens is 889 g/mol. The summed E-state index contributed by atoms with van der Waals surface area (Å²) in [5.74, 6) is -0.939. The molecule has 0 heterocycles. The highest BCUT2D eigenvalue weighted by Crippen LogP contribution is 2.15. The second kappa shape index (κ2) is 59.9. The summed E-state index contributed by atoms with van der Waals surface area (Å²) in [7, 11) is 0. The number of unbranched alkanes of at least 4 members (excludes halogenated alkanes) is 32. The van der Waals surface area contributed by atoms with Crippen LogP contribution in [0.1, 0.15) is 284 Å². The number of ether oxygens (including phenoxy) is 3. The average Bonchev–Trinajstić information content (AvgIpc) is 3.38. The van der Waals surface area contributed by atoms with Gasteiger partial charge in [-0.3, -0.25) is 14.4 Å². The van der Waals surface area contributed by atoms with Crippen molar-refractivity contribution in [2.45, 2.75) is 290 Å². The maximum Gasteiger partial charge on any atom is 0.306 e. The Hall–Kier alpha value is -3.67. The summed E-state index contributed by atoms with van der Waals surface area (Å²) in [6, 6.07) is 0. The van der Waals surface area contributed by atoms with Gasteiger partial charge in [-0.05, 0) is 89.9 Å². The summed E-state index contributed by atoms with van der Waals surface area (Å²) in [5.41, 5.74) is 0. The standard InChI is InChI=1S/C66H112O6/c1-4-7-10-13-16-19-22-25-28-31-34-37-40-43-46-49-52-55-58-64(67)70-61-63(72-66(69)60-57-54-51-48-45-42-39-36-33-30-27-24-21-18-15-12-9-6-3)62-71-65(68)59-56-53-50-47-44-41-38-35-32-29-26-23-20-17-14-11-8-5-2/h10,13,16,19,22,25,28,30-31,33-39,63H,4-9,11-12,14-15,17-18,20-21,23-24,26-27,29,32,40-62H2,1-3H3/b13-10-,19-16-,25-22-,31-28-,33-30-,37-34-,38-35-,39-36-. The van der Waals surface area contributed by atoms with Crippen molar-refractivity contribution in [3.05, 3.63) is 97.2 Å². The number of hydrogen-bond acceptors (Lipinski definition) is 6. The summed E-state index contributed by atoms with van der Waals surface area (Å²) in [6.45, 7) is 6.52. The topological polar surface area (TPSA) is 78.9 Å². The number of rotatable bonds is 54. The van der Waals surface area contributed by atoms with Gasteiger partial charge < -0.3 is 14.2 Å². The molecule has 0 bridgehead atoms. The van der Waals surface area contributed by atoms with Crippen molar-refractivity contribution >= 4 is 17.9 Å². The molecule has 0 aromatic heterocycles. The number of hydrogen-bond donors (Lipinski definition) is 0. The molecule has 6 nitrogen and oxygen atoms in total. The van der Waals surface area contributed by atoms with Crippen molar-refractivity contribution in [2.75, 3.05) is 13.2 Å². The van der Waals surface area contributed by atoms with Crippen LogP contribution in [0.4, 0.5) is 0 Å². The van der Waals surface area contributed by atoms with E-state index in [4.69, 9.17) is 14.2 Å². The molecule has 1 atom stereocenters. The van der Waals surface area contributed by atoms with E-state index in [1.165, 1.54) is 135 Å². The van der Waals surface area contributed by atoms with E-state index >= 15 is 0 Å². The molecular formula is C66H112O6. The molecule has 0 aromatic carbocycles. The van der Waals surface area contributed by atoms with Gasteiger partial charge in [0.1, 0.15) is 13.2 Å². The van der Waals surface area contributed by atoms with E-state index in [0.717, 1.165) is 109 Å². The normalized spacial score (nSPS) is 12.8. The van der Waals surface area contributed by atoms with Gasteiger partial charge in [-0.25, -0.2) is 0 Å². The van der Waals surface area contributed by atoms with Crippen LogP contribution in [0.5, 0.6) is 0 Å². The summed E-state index contributed by atoms with van der Waals surface area (Å²) in [5, 5.41) is 0. The minimum Gasteiger partial charge on any atom is -0.462 e. The highest BCUT2D eigenvalue weighted by atomic mass is 16.6. The second-order valence-electron chi connectivity index (χ2n) is 20.1. The summed E-state index contributed by atoms with van der Waals surface area (Å²) in [6.07, 6.45) is 79.6. The minimum atomic E-state index is -0.802. The average molecular weight is 1000 g/mol. The molecule has 0 rings (SSSR count). The predicted octanol–water partition coefficient (Wildman–Crippen LogP) is 20.5. The van der Waals surface area contributed by atoms with E-state index in [9.17, 15) is 14.4 Å². The quantitative estimate of drug-likeness (QED) is 0.0199. The number of esters is 3. The van der Waals surface area contributed by atoms with Gasteiger partial charge in [0, 0.05) is 19.3 Å². The summed E-state index contributed by atoms with van der Waals surface area (Å²) in [4.78, 5) is 38.3. The minimum absolute atomic E-state index is 0.0969. The number of carbonyl (C=O) groups excluding carboxylic acids is 3. The van der Waals surface area contributed by atoms with Gasteiger partial charge >= 0.3 is 17.9 Å². The maximum atomic E-state index is 12.9. The molecule has 0 spiro atoms. The fourth-order valence-corrected chi connectivity index (χ4v) is 8.34. The van der Waals surface area contributed by atoms with E-state index in [1.807, 2.05) is 24.3 Å². The summed E-state index contributed by atoms with van der Waals surface area (Å²) >= 11 is 0. The fraction of sp³-hybridized carbons (Fsp3) is 0.712. The van der Waals surface area contributed by atoms with Crippen molar-refractivity contribution in [1.29, 1.82) is 0 Å². The zero-order chi connectivity index (χ0) is 52.2. The van der Waals surface area contributed by atoms with Crippen molar-refractivity contribution in [3.8, 4) is 0 Å². The Kier molecular flexibility index (Phi) is 56.8. The highest BCUT2D eigenvalue weighted by Gasteiger charge is 2.19. The summed E-state index contributed by atoms with van der Waals surface area (Å²) < 4.78 is 16.9. The monoisotopic (exact) mass is 1000 g/mol. The van der Waals surface area contributed by atoms with Crippen LogP contribution in [0.15, 0.2) is 97.2 Å². The number of carbonyl (C=O) groups is 3. The van der Waals surface area contributed by atoms with E-state index < -0.39 is 6.10 Å². The Balaban J connectivity index is 4.48. The molecule has 0 aliphatic carbocycles. The van der Waals surface area contributed by atoms with Crippen LogP contribution in [0.3, 0.4) is 0 Å². The Morgan fingerprint density at radius 2 is 0.542 bits per heavy atom. The lowest BCUT2D eigenvalue weighted by Crippen LogP contribution is -2.30. The first kappa shape index (κ1) is 68.3. The molecule has 0 aromatic rings. The van der Waals surface area contributed by atoms with Gasteiger partial charge in [0.05, 0.1) is 0 Å². The van der Waals surface area contributed by atoms with Gasteiger partial charge in [-0.1, -0.05) is 272 Å². The fourth-order valence-electron chi connectivity index (χ4n) is 8.34. The van der Waals surface area contributed by atoms with Crippen LogP contribution in [0.2, 0.25) is 0 Å². The van der Waals surface area contributed by atoms with Crippen LogP contribution in [0, 0.1) is 0 Å². The van der Waals surface area contributed by atoms with Gasteiger partial charge in [0.25, 0.3) is 0 Å². The van der Waals surface area contributed by atoms with Crippen LogP contribution >= 0.6 is 0 Å². The first-order valence-electron chi connectivity index (χ1n) is 30.3. The van der Waals surface area contributed by atoms with Gasteiger partial charge in [0.15, 0.2) is 6.10 Å². The number of allylic oxidation sites excluding steroid dienone is 16. The lowest BCUT2D eigenvalue weighted by molar-refractivity contribution is -0.167. The van der Waals surface area contributed by atoms with Crippen LogP contribution in [-0.4, -0.2) is 37.2 Å². The molecule has 0 aliphatic rings. The molecule has 0 radical (unpaired) electrons. The van der Waals surface area contributed by atoms with Crippen molar-refractivity contribution in [3.63, 3.8) is 0 Å². The van der Waals surface area contributed by atoms with E-state index in [1.54, 1.807) is 0 Å². The third-order valence-electron chi connectivity index (χ3n) is 12.9. The molecule has 1 unspecified atom stereocenters. The van der Waals surface area contributed by atoms with Crippen molar-refractivity contribution in [1.82, 2.24) is 0 Å². The Morgan fingerprint density at radius 1 is 0.278 bits per heavy atom. The molecule has 0 saturated heterocycles. The van der Waals surface area contributed by atoms with E-state index in [2.05, 4.69) is 93.7 Å². The molecule has 0 amide bonds. The second-order valence-corrected chi connectivity index (χ2v) is 20.1. The molecule has 0 fully saturated rings. The third-order valence-corrected chi connectivity index (χ3v) is 12.9. The van der Waals surface area contributed by atoms with Gasteiger partial charge in [-0.15, -0.1) is 0 Å². The molecule has 0 saturated carbocycles. The molecule has 0 aliphatic heterocycles.